The van der Waals surface area contributed by atoms with E-state index in [0.717, 1.165) is 37.9 Å². The van der Waals surface area contributed by atoms with Crippen molar-refractivity contribution in [3.05, 3.63) is 65.4 Å². The number of rotatable bonds is 7. The predicted molar refractivity (Wildman–Crippen MR) is 111 cm³/mol. The molecule has 0 aliphatic carbocycles. The minimum absolute atomic E-state index is 0.232. The Morgan fingerprint density at radius 3 is 2.90 bits per heavy atom. The molecule has 2 heterocycles. The first-order valence-electron chi connectivity index (χ1n) is 9.69. The second-order valence-corrected chi connectivity index (χ2v) is 6.72. The number of nitrogens with one attached hydrogen (secondary N) is 1. The van der Waals surface area contributed by atoms with Crippen molar-refractivity contribution in [3.8, 4) is 17.5 Å². The highest BCUT2D eigenvalue weighted by atomic mass is 16.5. The first-order chi connectivity index (χ1) is 14.2. The first kappa shape index (κ1) is 20.4. The zero-order chi connectivity index (χ0) is 20.6. The molecule has 2 aromatic rings. The number of benzene rings is 1. The van der Waals surface area contributed by atoms with Crippen molar-refractivity contribution in [2.45, 2.75) is 26.2 Å². The third-order valence-electron chi connectivity index (χ3n) is 4.66. The van der Waals surface area contributed by atoms with Gasteiger partial charge in [0.15, 0.2) is 0 Å². The molecule has 0 fully saturated rings. The van der Waals surface area contributed by atoms with Gasteiger partial charge < -0.3 is 20.3 Å². The Balaban J connectivity index is 1.84. The summed E-state index contributed by atoms with van der Waals surface area (Å²) in [6, 6.07) is 8.30. The number of ether oxygens (including phenoxy) is 1. The number of nitrogens with zero attached hydrogens (tertiary/aromatic N) is 3. The van der Waals surface area contributed by atoms with Crippen LogP contribution in [-0.2, 0) is 17.6 Å². The molecule has 0 bridgehead atoms. The zero-order valence-corrected chi connectivity index (χ0v) is 16.6. The molecule has 7 heteroatoms. The molecule has 0 saturated carbocycles. The quantitative estimate of drug-likeness (QED) is 0.424. The second kappa shape index (κ2) is 9.71. The Morgan fingerprint density at radius 2 is 2.17 bits per heavy atom. The van der Waals surface area contributed by atoms with Crippen LogP contribution in [0.25, 0.3) is 17.0 Å². The molecule has 0 amide bonds. The molecule has 29 heavy (non-hydrogen) atoms. The van der Waals surface area contributed by atoms with Gasteiger partial charge in [0, 0.05) is 11.8 Å². The fraction of sp³-hybridized carbons (Fsp3) is 0.318. The maximum absolute atomic E-state index is 9.41. The van der Waals surface area contributed by atoms with Crippen LogP contribution in [0.5, 0.6) is 0 Å². The van der Waals surface area contributed by atoms with Gasteiger partial charge in [-0.25, -0.2) is 0 Å². The van der Waals surface area contributed by atoms with Gasteiger partial charge in [-0.15, -0.1) is 0 Å². The number of fused-ring (bicyclic) bond motifs is 1. The summed E-state index contributed by atoms with van der Waals surface area (Å²) in [7, 11) is 0. The van der Waals surface area contributed by atoms with Crippen molar-refractivity contribution < 1.29 is 9.26 Å². The standard InChI is InChI=1S/C22H25N5O2/c1-3-10-28-15(2)19(13-23)12-20(14-24)22-26-21(27-29-22)18-5-4-16-6-8-25-9-7-17(16)11-18/h4-5,11-12,14,25H,2-3,6-10,24H2,1H3/b19-12-,20-14+. The van der Waals surface area contributed by atoms with Crippen LogP contribution in [0.2, 0.25) is 0 Å². The van der Waals surface area contributed by atoms with Gasteiger partial charge in [0.2, 0.25) is 5.82 Å². The van der Waals surface area contributed by atoms with Gasteiger partial charge in [0.25, 0.3) is 5.89 Å². The van der Waals surface area contributed by atoms with Crippen LogP contribution in [0.4, 0.5) is 0 Å². The minimum atomic E-state index is 0.232. The van der Waals surface area contributed by atoms with E-state index in [2.05, 4.69) is 40.2 Å². The summed E-state index contributed by atoms with van der Waals surface area (Å²) in [6.45, 7) is 8.20. The average Bonchev–Trinajstić information content (AvgIpc) is 3.11. The van der Waals surface area contributed by atoms with Crippen molar-refractivity contribution in [1.29, 1.82) is 5.26 Å². The molecule has 0 atom stereocenters. The maximum Gasteiger partial charge on any atom is 0.259 e. The largest absolute Gasteiger partial charge is 0.493 e. The van der Waals surface area contributed by atoms with Gasteiger partial charge in [-0.1, -0.05) is 30.8 Å². The molecular formula is C22H25N5O2. The van der Waals surface area contributed by atoms with Crippen molar-refractivity contribution in [2.24, 2.45) is 5.73 Å². The normalized spacial score (nSPS) is 14.6. The highest BCUT2D eigenvalue weighted by Gasteiger charge is 2.15. The van der Waals surface area contributed by atoms with Crippen LogP contribution >= 0.6 is 0 Å². The Bertz CT molecular complexity index is 981. The molecule has 7 nitrogen and oxygen atoms in total. The minimum Gasteiger partial charge on any atom is -0.493 e. The Morgan fingerprint density at radius 1 is 1.38 bits per heavy atom. The molecule has 1 aliphatic rings. The van der Waals surface area contributed by atoms with E-state index in [0.29, 0.717) is 18.0 Å². The summed E-state index contributed by atoms with van der Waals surface area (Å²) in [5.41, 5.74) is 9.96. The summed E-state index contributed by atoms with van der Waals surface area (Å²) in [6.07, 6.45) is 5.67. The summed E-state index contributed by atoms with van der Waals surface area (Å²) in [4.78, 5) is 4.47. The van der Waals surface area contributed by atoms with Crippen molar-refractivity contribution in [1.82, 2.24) is 15.5 Å². The van der Waals surface area contributed by atoms with Crippen LogP contribution in [0, 0.1) is 11.3 Å². The molecule has 1 aliphatic heterocycles. The highest BCUT2D eigenvalue weighted by molar-refractivity contribution is 5.72. The molecule has 1 aromatic carbocycles. The zero-order valence-electron chi connectivity index (χ0n) is 16.6. The van der Waals surface area contributed by atoms with Gasteiger partial charge in [0.1, 0.15) is 11.8 Å². The lowest BCUT2D eigenvalue weighted by molar-refractivity contribution is 0.223. The molecule has 0 unspecified atom stereocenters. The van der Waals surface area contributed by atoms with E-state index in [9.17, 15) is 5.26 Å². The van der Waals surface area contributed by atoms with E-state index < -0.39 is 0 Å². The van der Waals surface area contributed by atoms with E-state index in [1.54, 1.807) is 0 Å². The molecule has 0 spiro atoms. The molecule has 3 rings (SSSR count). The van der Waals surface area contributed by atoms with Crippen LogP contribution in [-0.4, -0.2) is 29.8 Å². The van der Waals surface area contributed by atoms with Crippen LogP contribution < -0.4 is 11.1 Å². The fourth-order valence-corrected chi connectivity index (χ4v) is 3.09. The lowest BCUT2D eigenvalue weighted by Gasteiger charge is -2.06. The molecule has 3 N–H and O–H groups in total. The van der Waals surface area contributed by atoms with Crippen LogP contribution in [0.3, 0.4) is 0 Å². The lowest BCUT2D eigenvalue weighted by atomic mass is 10.00. The Labute approximate surface area is 170 Å². The van der Waals surface area contributed by atoms with E-state index in [1.165, 1.54) is 23.4 Å². The van der Waals surface area contributed by atoms with E-state index in [4.69, 9.17) is 15.0 Å². The van der Waals surface area contributed by atoms with Gasteiger partial charge in [0.05, 0.1) is 17.8 Å². The van der Waals surface area contributed by atoms with Crippen molar-refractivity contribution >= 4 is 5.57 Å². The number of hydrogen-bond donors (Lipinski definition) is 2. The molecule has 150 valence electrons. The van der Waals surface area contributed by atoms with E-state index in [1.807, 2.05) is 13.0 Å². The van der Waals surface area contributed by atoms with Gasteiger partial charge in [-0.3, -0.25) is 0 Å². The molecule has 0 saturated heterocycles. The van der Waals surface area contributed by atoms with Crippen LogP contribution in [0.1, 0.15) is 30.4 Å². The van der Waals surface area contributed by atoms with Gasteiger partial charge in [-0.2, -0.15) is 10.2 Å². The third kappa shape index (κ3) is 4.92. The number of aromatic nitrogens is 2. The topological polar surface area (TPSA) is 110 Å². The SMILES string of the molecule is C=C(OCCC)/C(C#N)=C\C(=C/N)c1nc(-c2ccc3c(c2)CCNCC3)no1. The van der Waals surface area contributed by atoms with Crippen LogP contribution in [0.15, 0.2) is 52.9 Å². The Kier molecular flexibility index (Phi) is 6.82. The van der Waals surface area contributed by atoms with Gasteiger partial charge >= 0.3 is 0 Å². The predicted octanol–water partition coefficient (Wildman–Crippen LogP) is 3.11. The third-order valence-corrected chi connectivity index (χ3v) is 4.66. The van der Waals surface area contributed by atoms with Crippen molar-refractivity contribution in [2.75, 3.05) is 19.7 Å². The number of nitrogens with two attached hydrogens (primary N) is 1. The summed E-state index contributed by atoms with van der Waals surface area (Å²) in [5, 5.41) is 16.9. The maximum atomic E-state index is 9.41. The van der Waals surface area contributed by atoms with Crippen molar-refractivity contribution in [3.63, 3.8) is 0 Å². The van der Waals surface area contributed by atoms with E-state index in [-0.39, 0.29) is 17.2 Å². The number of allylic oxidation sites excluding steroid dienone is 3. The molecule has 1 aromatic heterocycles. The summed E-state index contributed by atoms with van der Waals surface area (Å²) < 4.78 is 10.8. The van der Waals surface area contributed by atoms with Gasteiger partial charge in [-0.05, 0) is 55.6 Å². The average molecular weight is 391 g/mol. The number of nitriles is 1. The molecular weight excluding hydrogens is 366 g/mol. The molecule has 0 radical (unpaired) electrons. The smallest absolute Gasteiger partial charge is 0.259 e. The summed E-state index contributed by atoms with van der Waals surface area (Å²) >= 11 is 0. The van der Waals surface area contributed by atoms with E-state index >= 15 is 0 Å². The summed E-state index contributed by atoms with van der Waals surface area (Å²) in [5.74, 6) is 0.996. The Hall–Kier alpha value is -3.37. The fourth-order valence-electron chi connectivity index (χ4n) is 3.09. The number of hydrogen-bond acceptors (Lipinski definition) is 7. The second-order valence-electron chi connectivity index (χ2n) is 6.72. The first-order valence-corrected chi connectivity index (χ1v) is 9.69. The monoisotopic (exact) mass is 391 g/mol. The lowest BCUT2D eigenvalue weighted by Crippen LogP contribution is -2.16. The highest BCUT2D eigenvalue weighted by Crippen LogP contribution is 2.25.